The molecule has 1 aromatic carbocycles. The van der Waals surface area contributed by atoms with Gasteiger partial charge in [0.05, 0.1) is 29.3 Å². The van der Waals surface area contributed by atoms with Crippen LogP contribution in [0.3, 0.4) is 0 Å². The molecule has 0 unspecified atom stereocenters. The molecule has 41 heavy (non-hydrogen) atoms. The van der Waals surface area contributed by atoms with Crippen LogP contribution < -0.4 is 10.6 Å². The van der Waals surface area contributed by atoms with E-state index < -0.39 is 0 Å². The molecule has 4 aromatic rings. The summed E-state index contributed by atoms with van der Waals surface area (Å²) in [5.41, 5.74) is 9.68. The molecule has 3 heterocycles. The van der Waals surface area contributed by atoms with Crippen LogP contribution in [0.5, 0.6) is 0 Å². The van der Waals surface area contributed by atoms with Gasteiger partial charge in [-0.05, 0) is 72.9 Å². The van der Waals surface area contributed by atoms with Crippen LogP contribution >= 0.6 is 0 Å². The highest BCUT2D eigenvalue weighted by atomic mass is 19.1. The van der Waals surface area contributed by atoms with Crippen LogP contribution in [0.1, 0.15) is 50.1 Å². The molecule has 0 fully saturated rings. The first kappa shape index (κ1) is 30.6. The van der Waals surface area contributed by atoms with E-state index in [0.717, 1.165) is 80.9 Å². The molecule has 3 aromatic heterocycles. The lowest BCUT2D eigenvalue weighted by atomic mass is 10.0. The second kappa shape index (κ2) is 15.0. The fourth-order valence-corrected chi connectivity index (χ4v) is 4.57. The van der Waals surface area contributed by atoms with Gasteiger partial charge in [-0.2, -0.15) is 0 Å². The predicted octanol–water partition coefficient (Wildman–Crippen LogP) is 8.41. The van der Waals surface area contributed by atoms with Crippen LogP contribution in [0.2, 0.25) is 0 Å². The molecule has 210 valence electrons. The molecular weight excluding hydrogens is 509 g/mol. The van der Waals surface area contributed by atoms with E-state index in [0.29, 0.717) is 6.42 Å². The highest BCUT2D eigenvalue weighted by Gasteiger charge is 2.13. The minimum Gasteiger partial charge on any atom is -0.387 e. The number of allylic oxidation sites excluding steroid dienone is 5. The van der Waals surface area contributed by atoms with Gasteiger partial charge in [0.15, 0.2) is 0 Å². The number of rotatable bonds is 12. The van der Waals surface area contributed by atoms with Gasteiger partial charge in [-0.1, -0.05) is 44.7 Å². The molecule has 5 nitrogen and oxygen atoms in total. The molecule has 0 spiro atoms. The van der Waals surface area contributed by atoms with E-state index >= 15 is 0 Å². The first-order valence-corrected chi connectivity index (χ1v) is 13.6. The van der Waals surface area contributed by atoms with Gasteiger partial charge in [-0.15, -0.1) is 12.8 Å². The number of halogens is 1. The number of hydrogen-bond acceptors (Lipinski definition) is 4. The molecule has 6 heteroatoms. The minimum atomic E-state index is -0.255. The highest BCUT2D eigenvalue weighted by Crippen LogP contribution is 2.30. The van der Waals surface area contributed by atoms with Crippen LogP contribution in [0.4, 0.5) is 10.1 Å². The number of H-pyrrole nitrogens is 1. The topological polar surface area (TPSA) is 65.6 Å². The second-order valence-corrected chi connectivity index (χ2v) is 9.48. The summed E-state index contributed by atoms with van der Waals surface area (Å²) >= 11 is 0. The molecule has 0 bridgehead atoms. The van der Waals surface area contributed by atoms with Gasteiger partial charge >= 0.3 is 0 Å². The zero-order valence-corrected chi connectivity index (χ0v) is 24.1. The van der Waals surface area contributed by atoms with Crippen molar-refractivity contribution < 1.29 is 4.39 Å². The average Bonchev–Trinajstić information content (AvgIpc) is 3.42. The van der Waals surface area contributed by atoms with E-state index in [1.165, 1.54) is 12.1 Å². The van der Waals surface area contributed by atoms with E-state index in [-0.39, 0.29) is 5.82 Å². The smallest absolute Gasteiger partial charge is 0.123 e. The van der Waals surface area contributed by atoms with Crippen LogP contribution in [0.25, 0.3) is 27.6 Å². The largest absolute Gasteiger partial charge is 0.387 e. The Morgan fingerprint density at radius 1 is 1.12 bits per heavy atom. The van der Waals surface area contributed by atoms with Crippen molar-refractivity contribution in [2.24, 2.45) is 0 Å². The zero-order valence-electron chi connectivity index (χ0n) is 24.1. The normalized spacial score (nSPS) is 11.5. The van der Waals surface area contributed by atoms with Gasteiger partial charge < -0.3 is 15.6 Å². The predicted molar refractivity (Wildman–Crippen MR) is 172 cm³/mol. The van der Waals surface area contributed by atoms with Crippen molar-refractivity contribution >= 4 is 22.2 Å². The summed E-state index contributed by atoms with van der Waals surface area (Å²) < 4.78 is 13.5. The van der Waals surface area contributed by atoms with Gasteiger partial charge in [0, 0.05) is 47.7 Å². The molecule has 0 radical (unpaired) electrons. The summed E-state index contributed by atoms with van der Waals surface area (Å²) in [6.07, 6.45) is 23.2. The molecule has 0 aliphatic carbocycles. The first-order valence-electron chi connectivity index (χ1n) is 13.6. The molecule has 0 aliphatic rings. The van der Waals surface area contributed by atoms with Gasteiger partial charge in [0.2, 0.25) is 0 Å². The number of nitrogens with zero attached hydrogens (tertiary/aromatic N) is 2. The number of aromatic amines is 1. The first-order chi connectivity index (χ1) is 19.9. The zero-order chi connectivity index (χ0) is 29.8. The van der Waals surface area contributed by atoms with Crippen molar-refractivity contribution in [2.45, 2.75) is 39.5 Å². The number of hydrogen-bond donors (Lipinski definition) is 3. The van der Waals surface area contributed by atoms with Gasteiger partial charge in [0.1, 0.15) is 5.82 Å². The highest BCUT2D eigenvalue weighted by molar-refractivity contribution is 5.94. The van der Waals surface area contributed by atoms with Crippen molar-refractivity contribution in [3.63, 3.8) is 0 Å². The van der Waals surface area contributed by atoms with Crippen LogP contribution in [-0.2, 0) is 6.42 Å². The van der Waals surface area contributed by atoms with E-state index in [4.69, 9.17) is 4.98 Å². The van der Waals surface area contributed by atoms with Crippen LogP contribution in [-0.4, -0.2) is 22.0 Å². The summed E-state index contributed by atoms with van der Waals surface area (Å²) in [7, 11) is 1.90. The summed E-state index contributed by atoms with van der Waals surface area (Å²) in [6.45, 7) is 12.3. The van der Waals surface area contributed by atoms with Gasteiger partial charge in [-0.3, -0.25) is 9.97 Å². The Kier molecular flexibility index (Phi) is 11.2. The average molecular weight is 548 g/mol. The van der Waals surface area contributed by atoms with Gasteiger partial charge in [0.25, 0.3) is 0 Å². The van der Waals surface area contributed by atoms with Crippen molar-refractivity contribution in [3.05, 3.63) is 121 Å². The molecule has 0 saturated heterocycles. The number of anilines is 1. The SMILES string of the molecule is C#C.C=C/C(=C\C(=C/C)c1cc(Cc2cc3c(-c4ccc(F)cc4)cncc3[nH]2)c(NC)cn1)NC(=C)CCCC. The Hall–Kier alpha value is -4.89. The lowest BCUT2D eigenvalue weighted by molar-refractivity contribution is 0.628. The molecule has 0 amide bonds. The van der Waals surface area contributed by atoms with Crippen LogP contribution in [0, 0.1) is 18.7 Å². The Labute approximate surface area is 243 Å². The summed E-state index contributed by atoms with van der Waals surface area (Å²) in [4.78, 5) is 12.7. The molecule has 0 saturated carbocycles. The monoisotopic (exact) mass is 547 g/mol. The Bertz CT molecular complexity index is 1570. The second-order valence-electron chi connectivity index (χ2n) is 9.48. The third kappa shape index (κ3) is 7.83. The van der Waals surface area contributed by atoms with Crippen molar-refractivity contribution in [3.8, 4) is 24.0 Å². The minimum absolute atomic E-state index is 0.255. The number of nitrogens with one attached hydrogen (secondary N) is 3. The number of pyridine rings is 2. The van der Waals surface area contributed by atoms with Crippen molar-refractivity contribution in [1.29, 1.82) is 0 Å². The molecule has 0 aliphatic heterocycles. The maximum absolute atomic E-state index is 13.5. The lowest BCUT2D eigenvalue weighted by Crippen LogP contribution is -2.10. The fraction of sp³-hybridized carbons (Fsp3) is 0.200. The Morgan fingerprint density at radius 3 is 2.54 bits per heavy atom. The number of unbranched alkanes of at least 4 members (excludes halogenated alkanes) is 1. The lowest BCUT2D eigenvalue weighted by Gasteiger charge is -2.13. The molecule has 4 rings (SSSR count). The number of terminal acetylenes is 1. The number of fused-ring (bicyclic) bond motifs is 1. The van der Waals surface area contributed by atoms with E-state index in [2.05, 4.69) is 77.8 Å². The third-order valence-electron chi connectivity index (χ3n) is 6.69. The molecular formula is C35H38FN5. The fourth-order valence-electron chi connectivity index (χ4n) is 4.57. The van der Waals surface area contributed by atoms with E-state index in [9.17, 15) is 4.39 Å². The maximum Gasteiger partial charge on any atom is 0.123 e. The maximum atomic E-state index is 13.5. The number of benzene rings is 1. The summed E-state index contributed by atoms with van der Waals surface area (Å²) in [5.74, 6) is -0.255. The third-order valence-corrected chi connectivity index (χ3v) is 6.69. The van der Waals surface area contributed by atoms with Gasteiger partial charge in [-0.25, -0.2) is 4.39 Å². The van der Waals surface area contributed by atoms with Crippen LogP contribution in [0.15, 0.2) is 97.8 Å². The standard InChI is InChI=1S/C33H36FN5.C2H2/c1-6-9-10-22(4)38-27(8-3)15-23(7-2)31-17-25(32(35-5)21-37-31)16-28-18-29-30(19-36-20-33(29)39-28)24-11-13-26(34)14-12-24;1-2/h7-8,11-15,17-21,35,38-39H,3-4,6,9-10,16H2,1-2,5H3;1-2H/b23-7+,27-15+;. The molecule has 3 N–H and O–H groups in total. The van der Waals surface area contributed by atoms with E-state index in [1.54, 1.807) is 18.2 Å². The Morgan fingerprint density at radius 2 is 1.88 bits per heavy atom. The molecule has 0 atom stereocenters. The Balaban J connectivity index is 0.00000226. The summed E-state index contributed by atoms with van der Waals surface area (Å²) in [6, 6.07) is 10.8. The van der Waals surface area contributed by atoms with Crippen molar-refractivity contribution in [1.82, 2.24) is 20.3 Å². The number of aromatic nitrogens is 3. The van der Waals surface area contributed by atoms with Crippen molar-refractivity contribution in [2.75, 3.05) is 12.4 Å². The summed E-state index contributed by atoms with van der Waals surface area (Å²) in [5, 5.41) is 7.71. The van der Waals surface area contributed by atoms with E-state index in [1.807, 2.05) is 32.6 Å². The quantitative estimate of drug-likeness (QED) is 0.123.